The molecule has 0 aromatic heterocycles. The van der Waals surface area contributed by atoms with Crippen LogP contribution in [-0.4, -0.2) is 24.0 Å². The molecule has 0 aliphatic heterocycles. The predicted molar refractivity (Wildman–Crippen MR) is 101 cm³/mol. The van der Waals surface area contributed by atoms with Crippen LogP contribution in [-0.2, 0) is 4.18 Å². The zero-order valence-corrected chi connectivity index (χ0v) is 16.7. The van der Waals surface area contributed by atoms with E-state index in [1.54, 1.807) is 0 Å². The number of benzene rings is 1. The van der Waals surface area contributed by atoms with Crippen LogP contribution < -0.4 is 0 Å². The molecule has 25 heavy (non-hydrogen) atoms. The Morgan fingerprint density at radius 1 is 1.16 bits per heavy atom. The second kappa shape index (κ2) is 7.84. The van der Waals surface area contributed by atoms with Gasteiger partial charge in [0.25, 0.3) is 11.4 Å². The van der Waals surface area contributed by atoms with Gasteiger partial charge < -0.3 is 4.18 Å². The lowest BCUT2D eigenvalue weighted by Crippen LogP contribution is -2.40. The van der Waals surface area contributed by atoms with Crippen LogP contribution in [0.25, 0.3) is 0 Å². The average Bonchev–Trinajstić information content (AvgIpc) is 2.51. The Morgan fingerprint density at radius 3 is 2.40 bits per heavy atom. The van der Waals surface area contributed by atoms with Crippen molar-refractivity contribution in [2.75, 3.05) is 0 Å². The summed E-state index contributed by atoms with van der Waals surface area (Å²) >= 11 is 0.982. The van der Waals surface area contributed by atoms with E-state index in [2.05, 4.69) is 26.6 Å². The molecule has 0 N–H and O–H groups in total. The van der Waals surface area contributed by atoms with Crippen LogP contribution in [0.15, 0.2) is 23.1 Å². The van der Waals surface area contributed by atoms with Gasteiger partial charge in [-0.3, -0.25) is 20.2 Å². The van der Waals surface area contributed by atoms with E-state index in [1.807, 2.05) is 0 Å². The van der Waals surface area contributed by atoms with Crippen molar-refractivity contribution in [1.82, 2.24) is 0 Å². The van der Waals surface area contributed by atoms with Gasteiger partial charge in [0, 0.05) is 18.1 Å². The Morgan fingerprint density at radius 2 is 1.84 bits per heavy atom. The minimum atomic E-state index is -1.41. The van der Waals surface area contributed by atoms with Gasteiger partial charge in [-0.2, -0.15) is 0 Å². The summed E-state index contributed by atoms with van der Waals surface area (Å²) in [7, 11) is -1.41. The summed E-state index contributed by atoms with van der Waals surface area (Å²) in [4.78, 5) is 21.2. The van der Waals surface area contributed by atoms with E-state index in [-0.39, 0.29) is 17.5 Å². The number of rotatable bonds is 6. The van der Waals surface area contributed by atoms with Crippen molar-refractivity contribution < 1.29 is 14.0 Å². The van der Waals surface area contributed by atoms with E-state index in [0.717, 1.165) is 31.0 Å². The molecule has 0 saturated heterocycles. The largest absolute Gasteiger partial charge is 0.307 e. The van der Waals surface area contributed by atoms with Gasteiger partial charge in [-0.15, -0.1) is 0 Å². The van der Waals surface area contributed by atoms with Gasteiger partial charge in [0.15, 0.2) is 0 Å². The number of hydrogen-bond acceptors (Lipinski definition) is 6. The van der Waals surface area contributed by atoms with Gasteiger partial charge in [-0.1, -0.05) is 39.4 Å². The maximum absolute atomic E-state index is 11.2. The Kier molecular flexibility index (Phi) is 6.23. The fourth-order valence-corrected chi connectivity index (χ4v) is 6.60. The van der Waals surface area contributed by atoms with Crippen LogP contribution >= 0.6 is 12.0 Å². The molecule has 2 rings (SSSR count). The van der Waals surface area contributed by atoms with Crippen molar-refractivity contribution in [3.05, 3.63) is 38.4 Å². The molecule has 0 unspecified atom stereocenters. The molecule has 0 bridgehead atoms. The first-order chi connectivity index (χ1) is 11.6. The number of hydrogen-bond donors (Lipinski definition) is 0. The lowest BCUT2D eigenvalue weighted by Gasteiger charge is -2.40. The summed E-state index contributed by atoms with van der Waals surface area (Å²) in [5, 5.41) is 22.1. The highest BCUT2D eigenvalue weighted by atomic mass is 32.2. The normalized spacial score (nSPS) is 24.1. The second-order valence-electron chi connectivity index (χ2n) is 7.77. The van der Waals surface area contributed by atoms with E-state index in [4.69, 9.17) is 4.18 Å². The monoisotopic (exact) mass is 384 g/mol. The first-order valence-electron chi connectivity index (χ1n) is 8.35. The summed E-state index contributed by atoms with van der Waals surface area (Å²) in [5.41, 5.74) is -0.0665. The van der Waals surface area contributed by atoms with Gasteiger partial charge in [0.05, 0.1) is 30.1 Å². The van der Waals surface area contributed by atoms with E-state index >= 15 is 0 Å². The molecule has 1 aliphatic carbocycles. The SMILES string of the molecule is C[C@H]1CC[C@@H]([Si](C)(C)C)[C@H](OSc2ccc([N+](=O)[O-])cc2[N+](=O)[O-])C1. The number of non-ortho nitro benzene ring substituents is 1. The Hall–Kier alpha value is -1.45. The summed E-state index contributed by atoms with van der Waals surface area (Å²) < 4.78 is 6.05. The van der Waals surface area contributed by atoms with Crippen molar-refractivity contribution in [2.45, 2.75) is 62.4 Å². The maximum atomic E-state index is 11.2. The van der Waals surface area contributed by atoms with E-state index in [1.165, 1.54) is 18.6 Å². The first-order valence-corrected chi connectivity index (χ1v) is 12.7. The number of nitrogens with zero attached hydrogens (tertiary/aromatic N) is 2. The standard InChI is InChI=1S/C16H24N2O5SSi/c1-11-5-8-16(25(2,3)4)14(9-11)23-24-15-7-6-12(17(19)20)10-13(15)18(21)22/h6-7,10-11,14,16H,5,8-9H2,1-4H3/t11-,14+,16+/m0/s1. The molecular weight excluding hydrogens is 360 g/mol. The van der Waals surface area contributed by atoms with E-state index in [9.17, 15) is 20.2 Å². The van der Waals surface area contributed by atoms with Gasteiger partial charge in [-0.25, -0.2) is 0 Å². The van der Waals surface area contributed by atoms with Crippen LogP contribution in [0.5, 0.6) is 0 Å². The first kappa shape index (κ1) is 19.9. The molecule has 1 aromatic rings. The van der Waals surface area contributed by atoms with Gasteiger partial charge in [0.1, 0.15) is 4.90 Å². The fourth-order valence-electron chi connectivity index (χ4n) is 3.37. The molecule has 1 saturated carbocycles. The molecule has 0 spiro atoms. The lowest BCUT2D eigenvalue weighted by atomic mass is 9.88. The highest BCUT2D eigenvalue weighted by Crippen LogP contribution is 2.44. The molecule has 1 aliphatic rings. The Labute approximate surface area is 152 Å². The average molecular weight is 385 g/mol. The maximum Gasteiger partial charge on any atom is 0.292 e. The van der Waals surface area contributed by atoms with Gasteiger partial charge in [0.2, 0.25) is 0 Å². The molecule has 9 heteroatoms. The lowest BCUT2D eigenvalue weighted by molar-refractivity contribution is -0.396. The second-order valence-corrected chi connectivity index (χ2v) is 14.0. The third-order valence-electron chi connectivity index (χ3n) is 4.78. The zero-order chi connectivity index (χ0) is 18.8. The summed E-state index contributed by atoms with van der Waals surface area (Å²) in [6.07, 6.45) is 3.33. The highest BCUT2D eigenvalue weighted by molar-refractivity contribution is 7.94. The minimum absolute atomic E-state index is 0.0650. The fraction of sp³-hybridized carbons (Fsp3) is 0.625. The van der Waals surface area contributed by atoms with Crippen LogP contribution in [0.4, 0.5) is 11.4 Å². The van der Waals surface area contributed by atoms with E-state index < -0.39 is 17.9 Å². The van der Waals surface area contributed by atoms with Crippen molar-refractivity contribution in [3.63, 3.8) is 0 Å². The highest BCUT2D eigenvalue weighted by Gasteiger charge is 2.38. The third-order valence-corrected chi connectivity index (χ3v) is 8.53. The van der Waals surface area contributed by atoms with Crippen LogP contribution in [0.2, 0.25) is 25.2 Å². The summed E-state index contributed by atoms with van der Waals surface area (Å²) in [5.74, 6) is 0.574. The Balaban J connectivity index is 2.18. The molecule has 1 fully saturated rings. The van der Waals surface area contributed by atoms with Gasteiger partial charge in [-0.05, 0) is 23.9 Å². The quantitative estimate of drug-likeness (QED) is 0.281. The topological polar surface area (TPSA) is 95.5 Å². The molecule has 7 nitrogen and oxygen atoms in total. The van der Waals surface area contributed by atoms with Crippen molar-refractivity contribution >= 4 is 31.5 Å². The summed E-state index contributed by atoms with van der Waals surface area (Å²) in [6.45, 7) is 9.17. The van der Waals surface area contributed by atoms with Crippen LogP contribution in [0, 0.1) is 26.1 Å². The van der Waals surface area contributed by atoms with Crippen molar-refractivity contribution in [1.29, 1.82) is 0 Å². The summed E-state index contributed by atoms with van der Waals surface area (Å²) in [6, 6.07) is 3.67. The van der Waals surface area contributed by atoms with E-state index in [0.29, 0.717) is 16.4 Å². The van der Waals surface area contributed by atoms with Crippen molar-refractivity contribution in [3.8, 4) is 0 Å². The molecule has 3 atom stereocenters. The number of nitro benzene ring substituents is 2. The third kappa shape index (κ3) is 5.02. The molecule has 0 heterocycles. The number of nitro groups is 2. The van der Waals surface area contributed by atoms with Crippen LogP contribution in [0.1, 0.15) is 26.2 Å². The molecular formula is C16H24N2O5SSi. The van der Waals surface area contributed by atoms with Gasteiger partial charge >= 0.3 is 0 Å². The van der Waals surface area contributed by atoms with Crippen LogP contribution in [0.3, 0.4) is 0 Å². The smallest absolute Gasteiger partial charge is 0.292 e. The van der Waals surface area contributed by atoms with Crippen molar-refractivity contribution in [2.24, 2.45) is 5.92 Å². The zero-order valence-electron chi connectivity index (χ0n) is 14.9. The Bertz CT molecular complexity index is 664. The molecule has 138 valence electrons. The minimum Gasteiger partial charge on any atom is -0.307 e. The predicted octanol–water partition coefficient (Wildman–Crippen LogP) is 5.42. The molecule has 1 aromatic carbocycles. The molecule has 0 amide bonds. The molecule has 0 radical (unpaired) electrons.